The van der Waals surface area contributed by atoms with E-state index in [9.17, 15) is 0 Å². The first kappa shape index (κ1) is 28.6. The van der Waals surface area contributed by atoms with Gasteiger partial charge in [-0.1, -0.05) is 0 Å². The number of halogens is 2. The summed E-state index contributed by atoms with van der Waals surface area (Å²) in [6.07, 6.45) is 5.37. The van der Waals surface area contributed by atoms with Crippen molar-refractivity contribution in [2.75, 3.05) is 0 Å². The summed E-state index contributed by atoms with van der Waals surface area (Å²) in [6.45, 7) is 4.86. The van der Waals surface area contributed by atoms with Crippen molar-refractivity contribution >= 4 is 31.7 Å². The van der Waals surface area contributed by atoms with E-state index in [1.807, 2.05) is 0 Å². The van der Waals surface area contributed by atoms with Gasteiger partial charge in [0.2, 0.25) is 0 Å². The molecular weight excluding hydrogens is 587 g/mol. The van der Waals surface area contributed by atoms with Gasteiger partial charge in [-0.2, -0.15) is 0 Å². The van der Waals surface area contributed by atoms with Gasteiger partial charge in [0.05, 0.1) is 0 Å². The van der Waals surface area contributed by atoms with Crippen molar-refractivity contribution in [3.05, 3.63) is 119 Å². The molecular formula is C33H38Cl2SiZr. The van der Waals surface area contributed by atoms with Crippen LogP contribution in [-0.4, -0.2) is 6.88 Å². The van der Waals surface area contributed by atoms with E-state index in [4.69, 9.17) is 0 Å². The Morgan fingerprint density at radius 3 is 1.19 bits per heavy atom. The van der Waals surface area contributed by atoms with Crippen LogP contribution in [0.25, 0.3) is 22.3 Å². The van der Waals surface area contributed by atoms with Gasteiger partial charge in [-0.3, -0.25) is 0 Å². The zero-order valence-electron chi connectivity index (χ0n) is 22.0. The molecule has 0 saturated carbocycles. The summed E-state index contributed by atoms with van der Waals surface area (Å²) in [6, 6.07) is 37.4. The van der Waals surface area contributed by atoms with Crippen LogP contribution >= 0.6 is 24.8 Å². The van der Waals surface area contributed by atoms with E-state index in [0.717, 1.165) is 0 Å². The number of hydrogen-bond donors (Lipinski definition) is 0. The van der Waals surface area contributed by atoms with Crippen LogP contribution in [0.2, 0.25) is 8.76 Å². The first-order chi connectivity index (χ1) is 17.0. The summed E-state index contributed by atoms with van der Waals surface area (Å²) in [5.41, 5.74) is 12.3. The number of hydrogen-bond acceptors (Lipinski definition) is 0. The number of fused-ring (bicyclic) bond motifs is 6. The molecule has 0 aliphatic heterocycles. The Kier molecular flexibility index (Phi) is 8.47. The molecule has 0 heterocycles. The molecule has 0 saturated heterocycles. The van der Waals surface area contributed by atoms with E-state index in [0.29, 0.717) is 7.25 Å². The Morgan fingerprint density at radius 1 is 0.541 bits per heavy atom. The maximum Gasteiger partial charge on any atom is -0.147 e. The van der Waals surface area contributed by atoms with Gasteiger partial charge in [-0.25, -0.2) is 0 Å². The van der Waals surface area contributed by atoms with E-state index in [1.54, 1.807) is 22.3 Å². The molecule has 0 radical (unpaired) electrons. The van der Waals surface area contributed by atoms with Gasteiger partial charge in [0, 0.05) is 0 Å². The molecule has 37 heavy (non-hydrogen) atoms. The third-order valence-corrected chi connectivity index (χ3v) is 32.0. The minimum atomic E-state index is -3.66. The van der Waals surface area contributed by atoms with Gasteiger partial charge in [-0.05, 0) is 0 Å². The van der Waals surface area contributed by atoms with Crippen molar-refractivity contribution in [2.24, 2.45) is 0 Å². The Hall–Kier alpha value is -1.44. The minimum absolute atomic E-state index is 0. The van der Waals surface area contributed by atoms with Crippen LogP contribution in [0.5, 0.6) is 0 Å². The quantitative estimate of drug-likeness (QED) is 0.142. The molecule has 0 nitrogen and oxygen atoms in total. The summed E-state index contributed by atoms with van der Waals surface area (Å²) in [5, 5.41) is 0. The Balaban J connectivity index is 0.00000160. The van der Waals surface area contributed by atoms with Crippen molar-refractivity contribution < 1.29 is 17.4 Å². The standard InChI is InChI=1S/2C13H9.C6H13.CH3.2ClH.H2Si.Zr/c2*1-3-7-12-10(5-1)9-11-6-2-4-8-13(11)12;1-3-5-6-4-2;;;;;/h2*1-9H;1,3-6H2,2H3;1H3;2*1H;1H2;. The van der Waals surface area contributed by atoms with Crippen molar-refractivity contribution in [2.45, 2.75) is 48.6 Å². The Morgan fingerprint density at radius 2 is 0.865 bits per heavy atom. The average Bonchev–Trinajstić information content (AvgIpc) is 3.41. The Labute approximate surface area is 237 Å². The zero-order chi connectivity index (χ0) is 24.1. The van der Waals surface area contributed by atoms with Crippen LogP contribution < -0.4 is 0 Å². The maximum absolute atomic E-state index is 3.66. The van der Waals surface area contributed by atoms with E-state index < -0.39 is 17.4 Å². The Bertz CT molecular complexity index is 1300. The fourth-order valence-electron chi connectivity index (χ4n) is 7.68. The molecule has 0 spiro atoms. The second-order valence-corrected chi connectivity index (χ2v) is 40.0. The molecule has 4 aromatic rings. The largest absolute Gasteiger partial charge is 0.147 e. The fraction of sp³-hybridized carbons (Fsp3) is 0.273. The number of unbranched alkanes of at least 4 members (excludes halogenated alkanes) is 3. The van der Waals surface area contributed by atoms with Crippen molar-refractivity contribution in [3.8, 4) is 22.3 Å². The molecule has 0 fully saturated rings. The molecule has 4 heteroatoms. The summed E-state index contributed by atoms with van der Waals surface area (Å²) >= 11 is -3.66. The molecule has 0 aromatic heterocycles. The monoisotopic (exact) mass is 622 g/mol. The number of benzene rings is 4. The van der Waals surface area contributed by atoms with E-state index in [1.165, 1.54) is 52.1 Å². The van der Waals surface area contributed by atoms with E-state index in [2.05, 4.69) is 115 Å². The molecule has 192 valence electrons. The van der Waals surface area contributed by atoms with Crippen LogP contribution in [0.1, 0.15) is 62.1 Å². The SMILES string of the molecule is CCCCC[CH2][Zr]([CH3])(=[SiH2])([CH]1c2ccccc2-c2ccccc21)[CH]1c2ccccc2-c2ccccc21.Cl.Cl. The molecule has 0 unspecified atom stereocenters. The van der Waals surface area contributed by atoms with Crippen LogP contribution in [0.3, 0.4) is 0 Å². The topological polar surface area (TPSA) is 0 Å². The van der Waals surface area contributed by atoms with Crippen molar-refractivity contribution in [3.63, 3.8) is 0 Å². The predicted octanol–water partition coefficient (Wildman–Crippen LogP) is 9.65. The van der Waals surface area contributed by atoms with Crippen molar-refractivity contribution in [1.82, 2.24) is 0 Å². The first-order valence-corrected chi connectivity index (χ1v) is 26.4. The van der Waals surface area contributed by atoms with E-state index in [-0.39, 0.29) is 24.8 Å². The fourth-order valence-corrected chi connectivity index (χ4v) is 31.3. The summed E-state index contributed by atoms with van der Waals surface area (Å²) in [5.74, 6) is 0. The molecule has 0 atom stereocenters. The van der Waals surface area contributed by atoms with Gasteiger partial charge in [-0.15, -0.1) is 24.8 Å². The van der Waals surface area contributed by atoms with Crippen LogP contribution in [0.15, 0.2) is 97.1 Å². The normalized spacial score (nSPS) is 14.1. The molecule has 0 bridgehead atoms. The van der Waals surface area contributed by atoms with Gasteiger partial charge >= 0.3 is 214 Å². The molecule has 6 rings (SSSR count). The third-order valence-electron chi connectivity index (χ3n) is 9.14. The molecule has 0 N–H and O–H groups in total. The third kappa shape index (κ3) is 4.47. The second-order valence-electron chi connectivity index (χ2n) is 11.5. The van der Waals surface area contributed by atoms with Gasteiger partial charge in [0.1, 0.15) is 0 Å². The molecule has 4 aromatic carbocycles. The molecule has 0 amide bonds. The van der Waals surface area contributed by atoms with E-state index >= 15 is 0 Å². The summed E-state index contributed by atoms with van der Waals surface area (Å²) < 4.78 is 5.39. The average molecular weight is 625 g/mol. The van der Waals surface area contributed by atoms with Gasteiger partial charge in [0.15, 0.2) is 0 Å². The predicted molar refractivity (Wildman–Crippen MR) is 165 cm³/mol. The van der Waals surface area contributed by atoms with Gasteiger partial charge < -0.3 is 0 Å². The molecule has 2 aliphatic carbocycles. The summed E-state index contributed by atoms with van der Waals surface area (Å²) in [7, 11) is 0. The molecule has 2 aliphatic rings. The van der Waals surface area contributed by atoms with Crippen LogP contribution in [0, 0.1) is 0 Å². The van der Waals surface area contributed by atoms with Crippen LogP contribution in [0.4, 0.5) is 0 Å². The van der Waals surface area contributed by atoms with Crippen molar-refractivity contribution in [1.29, 1.82) is 0 Å². The summed E-state index contributed by atoms with van der Waals surface area (Å²) in [4.78, 5) is 0. The maximum atomic E-state index is 2.85. The van der Waals surface area contributed by atoms with Crippen LogP contribution in [-0.2, 0) is 17.4 Å². The first-order valence-electron chi connectivity index (χ1n) is 13.5. The number of rotatable bonds is 7. The minimum Gasteiger partial charge on any atom is -0.147 e. The zero-order valence-corrected chi connectivity index (χ0v) is 27.5. The van der Waals surface area contributed by atoms with Gasteiger partial charge in [0.25, 0.3) is 0 Å². The second kappa shape index (κ2) is 11.0. The smallest absolute Gasteiger partial charge is 0.147 e.